The Morgan fingerprint density at radius 3 is 2.00 bits per heavy atom. The van der Waals surface area contributed by atoms with E-state index in [2.05, 4.69) is 11.4 Å². The molecule has 0 spiro atoms. The fourth-order valence-corrected chi connectivity index (χ4v) is 0.366. The summed E-state index contributed by atoms with van der Waals surface area (Å²) < 4.78 is 5.05. The standard InChI is InChI=1S/C6H13NO2/c1-5(9-7)8-6(2,3)4/h1,7H2,2-4H3. The van der Waals surface area contributed by atoms with Crippen molar-refractivity contribution in [3.8, 4) is 0 Å². The number of ether oxygens (including phenoxy) is 1. The molecule has 0 rings (SSSR count). The van der Waals surface area contributed by atoms with Gasteiger partial charge in [-0.15, -0.1) is 0 Å². The number of rotatable bonds is 2. The van der Waals surface area contributed by atoms with Gasteiger partial charge >= 0.3 is 0 Å². The van der Waals surface area contributed by atoms with Crippen molar-refractivity contribution in [1.82, 2.24) is 0 Å². The molecule has 0 aromatic heterocycles. The van der Waals surface area contributed by atoms with Crippen molar-refractivity contribution >= 4 is 0 Å². The van der Waals surface area contributed by atoms with Gasteiger partial charge in [-0.25, -0.2) is 0 Å². The predicted molar refractivity (Wildman–Crippen MR) is 35.3 cm³/mol. The summed E-state index contributed by atoms with van der Waals surface area (Å²) in [4.78, 5) is 4.21. The van der Waals surface area contributed by atoms with Gasteiger partial charge in [0, 0.05) is 0 Å². The smallest absolute Gasteiger partial charge is 0.292 e. The molecule has 0 aromatic carbocycles. The molecule has 54 valence electrons. The first-order valence-electron chi connectivity index (χ1n) is 2.70. The molecule has 9 heavy (non-hydrogen) atoms. The largest absolute Gasteiger partial charge is 0.459 e. The van der Waals surface area contributed by atoms with Gasteiger partial charge < -0.3 is 9.57 Å². The fraction of sp³-hybridized carbons (Fsp3) is 0.667. The number of hydrogen-bond acceptors (Lipinski definition) is 3. The van der Waals surface area contributed by atoms with Crippen LogP contribution in [0.4, 0.5) is 0 Å². The first-order valence-corrected chi connectivity index (χ1v) is 2.70. The fourth-order valence-electron chi connectivity index (χ4n) is 0.366. The SMILES string of the molecule is C=C(ON)OC(C)(C)C. The van der Waals surface area contributed by atoms with Gasteiger partial charge in [0.1, 0.15) is 5.60 Å². The number of hydrogen-bond donors (Lipinski definition) is 1. The van der Waals surface area contributed by atoms with Crippen molar-refractivity contribution in [3.05, 3.63) is 12.5 Å². The monoisotopic (exact) mass is 131 g/mol. The minimum atomic E-state index is -0.281. The van der Waals surface area contributed by atoms with Crippen LogP contribution in [0.1, 0.15) is 20.8 Å². The van der Waals surface area contributed by atoms with Crippen molar-refractivity contribution in [2.45, 2.75) is 26.4 Å². The maximum Gasteiger partial charge on any atom is 0.292 e. The van der Waals surface area contributed by atoms with Crippen LogP contribution in [-0.2, 0) is 9.57 Å². The highest BCUT2D eigenvalue weighted by Gasteiger charge is 2.12. The van der Waals surface area contributed by atoms with Gasteiger partial charge in [-0.3, -0.25) is 0 Å². The minimum absolute atomic E-state index is 0.141. The molecule has 3 nitrogen and oxygen atoms in total. The quantitative estimate of drug-likeness (QED) is 0.452. The van der Waals surface area contributed by atoms with E-state index in [1.165, 1.54) is 0 Å². The van der Waals surface area contributed by atoms with E-state index in [4.69, 9.17) is 10.6 Å². The average molecular weight is 131 g/mol. The zero-order valence-corrected chi connectivity index (χ0v) is 6.10. The van der Waals surface area contributed by atoms with Crippen molar-refractivity contribution in [2.75, 3.05) is 0 Å². The lowest BCUT2D eigenvalue weighted by Gasteiger charge is -2.20. The minimum Gasteiger partial charge on any atom is -0.459 e. The Bertz CT molecular complexity index is 104. The number of nitrogens with two attached hydrogens (primary N) is 1. The molecule has 0 atom stereocenters. The third-order valence-electron chi connectivity index (χ3n) is 0.551. The summed E-state index contributed by atoms with van der Waals surface area (Å²) in [6.45, 7) is 9.05. The molecule has 0 aliphatic heterocycles. The molecule has 0 radical (unpaired) electrons. The van der Waals surface area contributed by atoms with Crippen LogP contribution in [0.15, 0.2) is 12.5 Å². The molecule has 0 heterocycles. The third kappa shape index (κ3) is 5.17. The topological polar surface area (TPSA) is 44.5 Å². The van der Waals surface area contributed by atoms with Crippen LogP contribution in [0.5, 0.6) is 0 Å². The summed E-state index contributed by atoms with van der Waals surface area (Å²) in [5.74, 6) is 4.90. The molecule has 3 heteroatoms. The Labute approximate surface area is 55.4 Å². The molecule has 0 aromatic rings. The molecule has 2 N–H and O–H groups in total. The van der Waals surface area contributed by atoms with Gasteiger partial charge in [-0.1, -0.05) is 0 Å². The van der Waals surface area contributed by atoms with E-state index in [0.29, 0.717) is 0 Å². The van der Waals surface area contributed by atoms with E-state index in [0.717, 1.165) is 0 Å². The average Bonchev–Trinajstić information content (AvgIpc) is 1.62. The van der Waals surface area contributed by atoms with Crippen molar-refractivity contribution in [1.29, 1.82) is 0 Å². The lowest BCUT2D eigenvalue weighted by Crippen LogP contribution is -2.20. The first kappa shape index (κ1) is 8.30. The van der Waals surface area contributed by atoms with E-state index in [1.807, 2.05) is 20.8 Å². The lowest BCUT2D eigenvalue weighted by atomic mass is 10.2. The Balaban J connectivity index is 3.60. The molecule has 0 bridgehead atoms. The van der Waals surface area contributed by atoms with Crippen molar-refractivity contribution in [3.63, 3.8) is 0 Å². The van der Waals surface area contributed by atoms with E-state index >= 15 is 0 Å². The molecule has 0 unspecified atom stereocenters. The second-order valence-electron chi connectivity index (χ2n) is 2.70. The van der Waals surface area contributed by atoms with Gasteiger partial charge in [-0.05, 0) is 27.4 Å². The molecule has 0 aliphatic carbocycles. The summed E-state index contributed by atoms with van der Waals surface area (Å²) >= 11 is 0. The van der Waals surface area contributed by atoms with E-state index in [-0.39, 0.29) is 11.5 Å². The van der Waals surface area contributed by atoms with Crippen LogP contribution in [0, 0.1) is 0 Å². The second-order valence-corrected chi connectivity index (χ2v) is 2.70. The zero-order valence-electron chi connectivity index (χ0n) is 6.10. The van der Waals surface area contributed by atoms with Crippen LogP contribution in [0.2, 0.25) is 0 Å². The Kier molecular flexibility index (Phi) is 2.52. The molecule has 0 saturated carbocycles. The third-order valence-corrected chi connectivity index (χ3v) is 0.551. The zero-order chi connectivity index (χ0) is 7.49. The molecular formula is C6H13NO2. The lowest BCUT2D eigenvalue weighted by molar-refractivity contribution is -0.0437. The summed E-state index contributed by atoms with van der Waals surface area (Å²) in [6, 6.07) is 0. The van der Waals surface area contributed by atoms with Crippen LogP contribution in [0.3, 0.4) is 0 Å². The van der Waals surface area contributed by atoms with Gasteiger partial charge in [0.2, 0.25) is 0 Å². The Morgan fingerprint density at radius 1 is 1.44 bits per heavy atom. The van der Waals surface area contributed by atoms with Gasteiger partial charge in [0.25, 0.3) is 5.95 Å². The van der Waals surface area contributed by atoms with Gasteiger partial charge in [0.15, 0.2) is 0 Å². The highest BCUT2D eigenvalue weighted by molar-refractivity contribution is 4.72. The highest BCUT2D eigenvalue weighted by Crippen LogP contribution is 2.10. The predicted octanol–water partition coefficient (Wildman–Crippen LogP) is 1.16. The highest BCUT2D eigenvalue weighted by atomic mass is 16.7. The first-order chi connectivity index (χ1) is 3.95. The molecule has 0 saturated heterocycles. The Hall–Kier alpha value is -0.700. The summed E-state index contributed by atoms with van der Waals surface area (Å²) in [7, 11) is 0. The normalized spacial score (nSPS) is 10.7. The van der Waals surface area contributed by atoms with Crippen molar-refractivity contribution < 1.29 is 9.57 Å². The summed E-state index contributed by atoms with van der Waals surface area (Å²) in [6.07, 6.45) is 0. The van der Waals surface area contributed by atoms with Crippen LogP contribution < -0.4 is 5.90 Å². The Morgan fingerprint density at radius 2 is 1.89 bits per heavy atom. The molecular weight excluding hydrogens is 118 g/mol. The molecule has 0 aliphatic rings. The van der Waals surface area contributed by atoms with Crippen LogP contribution in [-0.4, -0.2) is 5.60 Å². The maximum absolute atomic E-state index is 5.05. The van der Waals surface area contributed by atoms with E-state index < -0.39 is 0 Å². The maximum atomic E-state index is 5.05. The molecule has 0 amide bonds. The summed E-state index contributed by atoms with van der Waals surface area (Å²) in [5, 5.41) is 0. The molecule has 0 fully saturated rings. The van der Waals surface area contributed by atoms with E-state index in [9.17, 15) is 0 Å². The van der Waals surface area contributed by atoms with Crippen LogP contribution in [0.25, 0.3) is 0 Å². The van der Waals surface area contributed by atoms with E-state index in [1.54, 1.807) is 0 Å². The van der Waals surface area contributed by atoms with Gasteiger partial charge in [-0.2, -0.15) is 5.90 Å². The van der Waals surface area contributed by atoms with Crippen LogP contribution >= 0.6 is 0 Å². The second kappa shape index (κ2) is 2.73. The van der Waals surface area contributed by atoms with Crippen molar-refractivity contribution in [2.24, 2.45) is 5.90 Å². The summed E-state index contributed by atoms with van der Waals surface area (Å²) in [5.41, 5.74) is -0.281. The van der Waals surface area contributed by atoms with Gasteiger partial charge in [0.05, 0.1) is 0 Å².